The van der Waals surface area contributed by atoms with Gasteiger partial charge in [-0.15, -0.1) is 0 Å². The number of esters is 1. The highest BCUT2D eigenvalue weighted by molar-refractivity contribution is 5.74. The summed E-state index contributed by atoms with van der Waals surface area (Å²) in [6.07, 6.45) is 6.61. The van der Waals surface area contributed by atoms with E-state index in [1.807, 2.05) is 27.7 Å². The van der Waals surface area contributed by atoms with Crippen molar-refractivity contribution in [1.29, 1.82) is 0 Å². The molecule has 6 nitrogen and oxygen atoms in total. The Morgan fingerprint density at radius 1 is 1.08 bits per heavy atom. The average Bonchev–Trinajstić information content (AvgIpc) is 2.69. The molecular weight excluding hydrogens is 310 g/mol. The predicted octanol–water partition coefficient (Wildman–Crippen LogP) is 3.31. The molecule has 1 fully saturated rings. The smallest absolute Gasteiger partial charge is 0.310 e. The van der Waals surface area contributed by atoms with Gasteiger partial charge in [-0.25, -0.2) is 0 Å². The van der Waals surface area contributed by atoms with Crippen LogP contribution in [0.4, 0.5) is 0 Å². The maximum absolute atomic E-state index is 12.3. The second-order valence-electron chi connectivity index (χ2n) is 7.79. The van der Waals surface area contributed by atoms with Crippen LogP contribution in [0.25, 0.3) is 0 Å². The highest BCUT2D eigenvalue weighted by Crippen LogP contribution is 2.43. The molecule has 1 unspecified atom stereocenters. The van der Waals surface area contributed by atoms with E-state index in [0.29, 0.717) is 26.1 Å². The molecule has 140 valence electrons. The van der Waals surface area contributed by atoms with Crippen LogP contribution in [0.2, 0.25) is 0 Å². The Bertz CT molecular complexity index is 408. The fourth-order valence-corrected chi connectivity index (χ4v) is 3.45. The molecule has 1 atom stereocenters. The summed E-state index contributed by atoms with van der Waals surface area (Å²) < 4.78 is 10.1. The van der Waals surface area contributed by atoms with Crippen molar-refractivity contribution in [3.8, 4) is 0 Å². The molecule has 0 aliphatic carbocycles. The molecule has 1 aliphatic rings. The quantitative estimate of drug-likeness (QED) is 0.352. The van der Waals surface area contributed by atoms with Gasteiger partial charge in [0.25, 0.3) is 6.47 Å². The van der Waals surface area contributed by atoms with E-state index in [2.05, 4.69) is 4.74 Å². The van der Waals surface area contributed by atoms with Crippen molar-refractivity contribution >= 4 is 12.4 Å². The van der Waals surface area contributed by atoms with Crippen molar-refractivity contribution in [2.45, 2.75) is 83.7 Å². The van der Waals surface area contributed by atoms with Gasteiger partial charge in [0.05, 0.1) is 24.7 Å². The van der Waals surface area contributed by atoms with Gasteiger partial charge in [0.2, 0.25) is 0 Å². The minimum absolute atomic E-state index is 0.212. The first-order valence-electron chi connectivity index (χ1n) is 8.94. The molecule has 1 N–H and O–H groups in total. The molecule has 1 saturated heterocycles. The van der Waals surface area contributed by atoms with Crippen molar-refractivity contribution in [1.82, 2.24) is 5.06 Å². The maximum Gasteiger partial charge on any atom is 0.310 e. The van der Waals surface area contributed by atoms with E-state index >= 15 is 0 Å². The van der Waals surface area contributed by atoms with E-state index in [4.69, 9.17) is 4.74 Å². The summed E-state index contributed by atoms with van der Waals surface area (Å²) in [6, 6.07) is 0. The molecule has 0 aromatic carbocycles. The first-order valence-corrected chi connectivity index (χ1v) is 8.94. The summed E-state index contributed by atoms with van der Waals surface area (Å²) in [5, 5.41) is 11.5. The molecule has 0 amide bonds. The molecule has 1 rings (SSSR count). The van der Waals surface area contributed by atoms with Gasteiger partial charge in [0.15, 0.2) is 0 Å². The van der Waals surface area contributed by atoms with Crippen LogP contribution in [0.3, 0.4) is 0 Å². The first-order chi connectivity index (χ1) is 11.2. The Labute approximate surface area is 145 Å². The van der Waals surface area contributed by atoms with Gasteiger partial charge < -0.3 is 14.7 Å². The highest BCUT2D eigenvalue weighted by Gasteiger charge is 2.54. The number of unbranched alkanes of at least 4 members (excludes halogenated alkanes) is 5. The van der Waals surface area contributed by atoms with Crippen molar-refractivity contribution in [3.63, 3.8) is 0 Å². The second kappa shape index (κ2) is 9.37. The molecular formula is C18H33NO5. The van der Waals surface area contributed by atoms with Gasteiger partial charge in [-0.05, 0) is 47.0 Å². The fraction of sp³-hybridized carbons (Fsp3) is 0.889. The zero-order valence-electron chi connectivity index (χ0n) is 15.5. The van der Waals surface area contributed by atoms with Gasteiger partial charge in [0.1, 0.15) is 0 Å². The number of ether oxygens (including phenoxy) is 2. The van der Waals surface area contributed by atoms with E-state index < -0.39 is 11.1 Å². The van der Waals surface area contributed by atoms with Crippen molar-refractivity contribution in [2.24, 2.45) is 5.92 Å². The third-order valence-corrected chi connectivity index (χ3v) is 4.93. The van der Waals surface area contributed by atoms with E-state index in [1.165, 1.54) is 5.06 Å². The molecule has 0 spiro atoms. The zero-order valence-corrected chi connectivity index (χ0v) is 15.5. The van der Waals surface area contributed by atoms with Crippen LogP contribution in [-0.2, 0) is 19.1 Å². The van der Waals surface area contributed by atoms with Gasteiger partial charge >= 0.3 is 5.97 Å². The Morgan fingerprint density at radius 2 is 1.62 bits per heavy atom. The van der Waals surface area contributed by atoms with Gasteiger partial charge in [0, 0.05) is 5.54 Å². The lowest BCUT2D eigenvalue weighted by Crippen LogP contribution is -2.48. The normalized spacial score (nSPS) is 22.3. The van der Waals surface area contributed by atoms with Crippen LogP contribution in [0.15, 0.2) is 0 Å². The SMILES string of the molecule is CC1(C)CC(C(=O)OCCCCCCCCOC=O)C(C)(C)N1O. The molecule has 0 aromatic heterocycles. The first kappa shape index (κ1) is 20.9. The van der Waals surface area contributed by atoms with Gasteiger partial charge in [-0.1, -0.05) is 25.7 Å². The van der Waals surface area contributed by atoms with E-state index in [1.54, 1.807) is 0 Å². The van der Waals surface area contributed by atoms with Crippen molar-refractivity contribution < 1.29 is 24.3 Å². The molecule has 1 heterocycles. The Hall–Kier alpha value is -1.14. The topological polar surface area (TPSA) is 76.1 Å². The van der Waals surface area contributed by atoms with Crippen molar-refractivity contribution in [3.05, 3.63) is 0 Å². The summed E-state index contributed by atoms with van der Waals surface area (Å²) >= 11 is 0. The largest absolute Gasteiger partial charge is 0.468 e. The average molecular weight is 343 g/mol. The number of hydroxylamine groups is 2. The summed E-state index contributed by atoms with van der Waals surface area (Å²) in [4.78, 5) is 22.3. The highest BCUT2D eigenvalue weighted by atomic mass is 16.5. The van der Waals surface area contributed by atoms with Crippen LogP contribution in [-0.4, -0.2) is 47.0 Å². The van der Waals surface area contributed by atoms with Crippen LogP contribution in [0, 0.1) is 5.92 Å². The van der Waals surface area contributed by atoms with Crippen LogP contribution in [0.5, 0.6) is 0 Å². The van der Waals surface area contributed by atoms with E-state index in [-0.39, 0.29) is 11.9 Å². The number of hydrogen-bond donors (Lipinski definition) is 1. The molecule has 1 aliphatic heterocycles. The second-order valence-corrected chi connectivity index (χ2v) is 7.79. The standard InChI is InChI=1S/C18H33NO5/c1-17(2)13-15(18(3,4)19(17)22)16(21)24-12-10-8-6-5-7-9-11-23-14-20/h14-15,22H,5-13H2,1-4H3. The van der Waals surface area contributed by atoms with Crippen LogP contribution < -0.4 is 0 Å². The van der Waals surface area contributed by atoms with E-state index in [9.17, 15) is 14.8 Å². The predicted molar refractivity (Wildman–Crippen MR) is 90.6 cm³/mol. The third-order valence-electron chi connectivity index (χ3n) is 4.93. The minimum atomic E-state index is -0.607. The van der Waals surface area contributed by atoms with Crippen molar-refractivity contribution in [2.75, 3.05) is 13.2 Å². The molecule has 0 bridgehead atoms. The molecule has 24 heavy (non-hydrogen) atoms. The Morgan fingerprint density at radius 3 is 2.12 bits per heavy atom. The summed E-state index contributed by atoms with van der Waals surface area (Å²) in [5.41, 5.74) is -1.02. The summed E-state index contributed by atoms with van der Waals surface area (Å²) in [7, 11) is 0. The zero-order chi connectivity index (χ0) is 18.2. The molecule has 0 aromatic rings. The van der Waals surface area contributed by atoms with Gasteiger partial charge in [-0.2, -0.15) is 5.06 Å². The Kier molecular flexibility index (Phi) is 8.16. The lowest BCUT2D eigenvalue weighted by Gasteiger charge is -2.35. The fourth-order valence-electron chi connectivity index (χ4n) is 3.45. The summed E-state index contributed by atoms with van der Waals surface area (Å²) in [6.45, 7) is 9.04. The number of hydrogen-bond acceptors (Lipinski definition) is 6. The number of nitrogens with zero attached hydrogens (tertiary/aromatic N) is 1. The summed E-state index contributed by atoms with van der Waals surface area (Å²) in [5.74, 6) is -0.522. The number of carbonyl (C=O) groups excluding carboxylic acids is 2. The van der Waals surface area contributed by atoms with Crippen LogP contribution >= 0.6 is 0 Å². The van der Waals surface area contributed by atoms with Gasteiger partial charge in [-0.3, -0.25) is 9.59 Å². The monoisotopic (exact) mass is 343 g/mol. The maximum atomic E-state index is 12.3. The lowest BCUT2D eigenvalue weighted by molar-refractivity contribution is -0.200. The lowest BCUT2D eigenvalue weighted by atomic mass is 9.87. The minimum Gasteiger partial charge on any atom is -0.468 e. The molecule has 6 heteroatoms. The third kappa shape index (κ3) is 5.74. The van der Waals surface area contributed by atoms with E-state index in [0.717, 1.165) is 38.5 Å². The van der Waals surface area contributed by atoms with Crippen LogP contribution in [0.1, 0.15) is 72.6 Å². The molecule has 0 saturated carbocycles. The Balaban J connectivity index is 2.15. The molecule has 0 radical (unpaired) electrons. The number of rotatable bonds is 11. The number of carbonyl (C=O) groups is 2.